The molecule has 0 atom stereocenters. The highest BCUT2D eigenvalue weighted by Gasteiger charge is 2.43. The third kappa shape index (κ3) is 3.01. The molecule has 0 aromatic heterocycles. The first-order valence-corrected chi connectivity index (χ1v) is 8.88. The Hall–Kier alpha value is -0.620. The van der Waals surface area contributed by atoms with E-state index >= 15 is 0 Å². The monoisotopic (exact) mass is 314 g/mol. The first-order chi connectivity index (χ1) is 9.51. The Bertz CT molecular complexity index is 598. The molecule has 110 valence electrons. The van der Waals surface area contributed by atoms with Crippen molar-refractivity contribution in [2.24, 2.45) is 17.6 Å². The Morgan fingerprint density at radius 1 is 1.25 bits per heavy atom. The minimum atomic E-state index is -3.55. The Morgan fingerprint density at radius 2 is 1.85 bits per heavy atom. The number of nitrogens with two attached hydrogens (primary N) is 1. The van der Waals surface area contributed by atoms with Crippen LogP contribution in [0.3, 0.4) is 0 Å². The summed E-state index contributed by atoms with van der Waals surface area (Å²) in [6, 6.07) is 4.97. The highest BCUT2D eigenvalue weighted by atomic mass is 35.5. The third-order valence-electron chi connectivity index (χ3n) is 4.07. The molecule has 2 fully saturated rings. The standard InChI is InChI=1S/C14H19ClN2O2S/c15-12-7-9(8-16)1-6-13(12)20(18,19)17-14(10-2-3-10)11-4-5-11/h1,6-7,10-11,14,17H,2-5,8,16H2. The topological polar surface area (TPSA) is 72.2 Å². The molecular formula is C14H19ClN2O2S. The molecule has 1 aromatic carbocycles. The van der Waals surface area contributed by atoms with Crippen molar-refractivity contribution >= 4 is 21.6 Å². The van der Waals surface area contributed by atoms with Crippen molar-refractivity contribution in [3.8, 4) is 0 Å². The molecule has 0 spiro atoms. The van der Waals surface area contributed by atoms with E-state index in [0.29, 0.717) is 18.4 Å². The number of halogens is 1. The van der Waals surface area contributed by atoms with E-state index in [0.717, 1.165) is 31.2 Å². The molecule has 2 saturated carbocycles. The SMILES string of the molecule is NCc1ccc(S(=O)(=O)NC(C2CC2)C2CC2)c(Cl)c1. The third-order valence-corrected chi connectivity index (χ3v) is 6.01. The summed E-state index contributed by atoms with van der Waals surface area (Å²) in [5, 5.41) is 0.241. The minimum Gasteiger partial charge on any atom is -0.326 e. The Kier molecular flexibility index (Phi) is 3.79. The molecule has 1 aromatic rings. The van der Waals surface area contributed by atoms with Crippen LogP contribution in [0.2, 0.25) is 5.02 Å². The molecule has 2 aliphatic rings. The van der Waals surface area contributed by atoms with Gasteiger partial charge in [0.25, 0.3) is 0 Å². The van der Waals surface area contributed by atoms with Crippen LogP contribution in [-0.4, -0.2) is 14.5 Å². The van der Waals surface area contributed by atoms with Crippen LogP contribution in [0.1, 0.15) is 31.2 Å². The van der Waals surface area contributed by atoms with E-state index in [1.54, 1.807) is 18.2 Å². The fourth-order valence-corrected chi connectivity index (χ4v) is 4.56. The van der Waals surface area contributed by atoms with Crippen LogP contribution in [0, 0.1) is 11.8 Å². The molecule has 0 saturated heterocycles. The van der Waals surface area contributed by atoms with Crippen LogP contribution >= 0.6 is 11.6 Å². The van der Waals surface area contributed by atoms with Gasteiger partial charge >= 0.3 is 0 Å². The molecular weight excluding hydrogens is 296 g/mol. The van der Waals surface area contributed by atoms with E-state index in [2.05, 4.69) is 4.72 Å². The summed E-state index contributed by atoms with van der Waals surface area (Å²) in [5.74, 6) is 1.03. The second-order valence-corrected chi connectivity index (χ2v) is 7.88. The maximum atomic E-state index is 12.5. The van der Waals surface area contributed by atoms with Gasteiger partial charge in [-0.2, -0.15) is 0 Å². The average Bonchev–Trinajstić information content (AvgIpc) is 3.28. The molecule has 0 radical (unpaired) electrons. The van der Waals surface area contributed by atoms with Gasteiger partial charge in [0.15, 0.2) is 0 Å². The predicted molar refractivity (Wildman–Crippen MR) is 78.9 cm³/mol. The molecule has 0 amide bonds. The van der Waals surface area contributed by atoms with Crippen LogP contribution in [0.15, 0.2) is 23.1 Å². The highest BCUT2D eigenvalue weighted by Crippen LogP contribution is 2.45. The maximum Gasteiger partial charge on any atom is 0.242 e. The van der Waals surface area contributed by atoms with Gasteiger partial charge < -0.3 is 5.73 Å². The first-order valence-electron chi connectivity index (χ1n) is 7.02. The Balaban J connectivity index is 1.83. The zero-order valence-corrected chi connectivity index (χ0v) is 12.8. The maximum absolute atomic E-state index is 12.5. The van der Waals surface area contributed by atoms with Crippen molar-refractivity contribution in [3.05, 3.63) is 28.8 Å². The smallest absolute Gasteiger partial charge is 0.242 e. The number of hydrogen-bond acceptors (Lipinski definition) is 3. The van der Waals surface area contributed by atoms with Crippen molar-refractivity contribution in [2.75, 3.05) is 0 Å². The lowest BCUT2D eigenvalue weighted by molar-refractivity contribution is 0.471. The lowest BCUT2D eigenvalue weighted by atomic mass is 10.1. The number of rotatable bonds is 6. The molecule has 0 unspecified atom stereocenters. The summed E-state index contributed by atoms with van der Waals surface area (Å²) in [4.78, 5) is 0.155. The van der Waals surface area contributed by atoms with E-state index in [-0.39, 0.29) is 16.0 Å². The number of nitrogens with one attached hydrogen (secondary N) is 1. The van der Waals surface area contributed by atoms with Gasteiger partial charge in [0, 0.05) is 12.6 Å². The van der Waals surface area contributed by atoms with Crippen LogP contribution in [0.5, 0.6) is 0 Å². The predicted octanol–water partition coefficient (Wildman–Crippen LogP) is 2.27. The second-order valence-electron chi connectivity index (χ2n) is 5.79. The largest absolute Gasteiger partial charge is 0.326 e. The fraction of sp³-hybridized carbons (Fsp3) is 0.571. The van der Waals surface area contributed by atoms with Crippen LogP contribution in [0.4, 0.5) is 0 Å². The van der Waals surface area contributed by atoms with E-state index in [9.17, 15) is 8.42 Å². The van der Waals surface area contributed by atoms with E-state index < -0.39 is 10.0 Å². The first kappa shape index (κ1) is 14.3. The normalized spacial score (nSPS) is 19.6. The molecule has 0 aliphatic heterocycles. The van der Waals surface area contributed by atoms with Crippen molar-refractivity contribution < 1.29 is 8.42 Å². The lowest BCUT2D eigenvalue weighted by Gasteiger charge is -2.18. The summed E-state index contributed by atoms with van der Waals surface area (Å²) in [7, 11) is -3.55. The Morgan fingerprint density at radius 3 is 2.30 bits per heavy atom. The molecule has 3 rings (SSSR count). The molecule has 3 N–H and O–H groups in total. The van der Waals surface area contributed by atoms with Gasteiger partial charge in [0.1, 0.15) is 4.90 Å². The van der Waals surface area contributed by atoms with Crippen molar-refractivity contribution in [1.82, 2.24) is 4.72 Å². The zero-order chi connectivity index (χ0) is 14.3. The minimum absolute atomic E-state index is 0.0882. The quantitative estimate of drug-likeness (QED) is 0.846. The molecule has 4 nitrogen and oxygen atoms in total. The molecule has 0 bridgehead atoms. The summed E-state index contributed by atoms with van der Waals surface area (Å²) in [5.41, 5.74) is 6.36. The van der Waals surface area contributed by atoms with Crippen LogP contribution < -0.4 is 10.5 Å². The van der Waals surface area contributed by atoms with Gasteiger partial charge in [0.05, 0.1) is 5.02 Å². The number of hydrogen-bond donors (Lipinski definition) is 2. The molecule has 0 heterocycles. The summed E-state index contributed by atoms with van der Waals surface area (Å²) in [6.07, 6.45) is 4.51. The van der Waals surface area contributed by atoms with Crippen LogP contribution in [0.25, 0.3) is 0 Å². The average molecular weight is 315 g/mol. The van der Waals surface area contributed by atoms with Crippen molar-refractivity contribution in [3.63, 3.8) is 0 Å². The summed E-state index contributed by atoms with van der Waals surface area (Å²) < 4.78 is 27.9. The molecule has 6 heteroatoms. The number of benzene rings is 1. The zero-order valence-electron chi connectivity index (χ0n) is 11.2. The van der Waals surface area contributed by atoms with E-state index in [1.165, 1.54) is 0 Å². The molecule has 2 aliphatic carbocycles. The van der Waals surface area contributed by atoms with Gasteiger partial charge in [-0.25, -0.2) is 13.1 Å². The lowest BCUT2D eigenvalue weighted by Crippen LogP contribution is -2.38. The van der Waals surface area contributed by atoms with Gasteiger partial charge in [-0.3, -0.25) is 0 Å². The van der Waals surface area contributed by atoms with Crippen LogP contribution in [-0.2, 0) is 16.6 Å². The fourth-order valence-electron chi connectivity index (χ4n) is 2.62. The van der Waals surface area contributed by atoms with E-state index in [1.807, 2.05) is 0 Å². The van der Waals surface area contributed by atoms with E-state index in [4.69, 9.17) is 17.3 Å². The second kappa shape index (κ2) is 5.30. The Labute approximate surface area is 124 Å². The highest BCUT2D eigenvalue weighted by molar-refractivity contribution is 7.89. The van der Waals surface area contributed by atoms with Gasteiger partial charge in [-0.1, -0.05) is 17.7 Å². The van der Waals surface area contributed by atoms with Crippen molar-refractivity contribution in [2.45, 2.75) is 43.2 Å². The molecule has 20 heavy (non-hydrogen) atoms. The van der Waals surface area contributed by atoms with Gasteiger partial charge in [-0.15, -0.1) is 0 Å². The number of sulfonamides is 1. The van der Waals surface area contributed by atoms with Gasteiger partial charge in [-0.05, 0) is 55.2 Å². The van der Waals surface area contributed by atoms with Gasteiger partial charge in [0.2, 0.25) is 10.0 Å². The summed E-state index contributed by atoms with van der Waals surface area (Å²) >= 11 is 6.09. The summed E-state index contributed by atoms with van der Waals surface area (Å²) in [6.45, 7) is 0.347. The van der Waals surface area contributed by atoms with Crippen molar-refractivity contribution in [1.29, 1.82) is 0 Å².